The first kappa shape index (κ1) is 16.0. The molecule has 0 saturated heterocycles. The number of halogens is 1. The van der Waals surface area contributed by atoms with Crippen LogP contribution in [0.5, 0.6) is 0 Å². The Labute approximate surface area is 131 Å². The Morgan fingerprint density at radius 1 is 1.37 bits per heavy atom. The molecule has 96 valence electrons. The van der Waals surface area contributed by atoms with Gasteiger partial charge in [-0.3, -0.25) is 0 Å². The number of rotatable bonds is 2. The van der Waals surface area contributed by atoms with Crippen LogP contribution in [0.1, 0.15) is 12.7 Å². The first-order chi connectivity index (χ1) is 9.09. The zero-order chi connectivity index (χ0) is 14.4. The third-order valence-electron chi connectivity index (χ3n) is 2.41. The second-order valence-corrected chi connectivity index (χ2v) is 4.03. The molecule has 0 fully saturated rings. The molecule has 0 amide bonds. The van der Waals surface area contributed by atoms with Gasteiger partial charge < -0.3 is 22.9 Å². The van der Waals surface area contributed by atoms with Gasteiger partial charge in [0.05, 0.1) is 11.0 Å². The first-order valence-electron chi connectivity index (χ1n) is 5.33. The molecule has 1 aromatic heterocycles. The van der Waals surface area contributed by atoms with Gasteiger partial charge in [0.2, 0.25) is 0 Å². The molecular weight excluding hydrogens is 335 g/mol. The number of benzene rings is 1. The number of aryl methyl sites for hydroxylation is 1. The molecule has 5 nitrogen and oxygen atoms in total. The van der Waals surface area contributed by atoms with Gasteiger partial charge >= 0.3 is 27.0 Å². The van der Waals surface area contributed by atoms with E-state index in [-0.39, 0.29) is 5.17 Å². The standard InChI is InChI=1S/C11H13N5S.ClH.Zn/c1-7(14-15-11(12)17)10-13-8-5-3-4-6-9(8)16(10)2;;/h3-6H,1-2H3,(H3,12,15,17);1H;/q;;+2/p-2/b14-7+;;. The quantitative estimate of drug-likeness (QED) is 0.296. The van der Waals surface area contributed by atoms with E-state index in [1.807, 2.05) is 42.8 Å². The molecule has 0 atom stereocenters. The molecule has 0 unspecified atom stereocenters. The van der Waals surface area contributed by atoms with Crippen LogP contribution in [0.2, 0.25) is 0 Å². The molecule has 0 saturated carbocycles. The van der Waals surface area contributed by atoms with Gasteiger partial charge in [-0.15, -0.1) is 0 Å². The van der Waals surface area contributed by atoms with E-state index >= 15 is 0 Å². The average Bonchev–Trinajstić information content (AvgIpc) is 2.76. The van der Waals surface area contributed by atoms with Gasteiger partial charge in [-0.05, 0) is 24.2 Å². The molecule has 2 rings (SSSR count). The van der Waals surface area contributed by atoms with Crippen LogP contribution in [0.25, 0.3) is 11.0 Å². The van der Waals surface area contributed by atoms with E-state index in [1.54, 1.807) is 0 Å². The van der Waals surface area contributed by atoms with Gasteiger partial charge in [-0.2, -0.15) is 10.2 Å². The predicted molar refractivity (Wildman–Crippen MR) is 77.8 cm³/mol. The van der Waals surface area contributed by atoms with Crippen LogP contribution < -0.4 is 5.73 Å². The number of para-hydroxylation sites is 2. The Morgan fingerprint density at radius 3 is 2.58 bits per heavy atom. The molecule has 0 spiro atoms. The number of nitrogens with two attached hydrogens (primary N) is 1. The van der Waals surface area contributed by atoms with Crippen molar-refractivity contribution in [3.8, 4) is 0 Å². The van der Waals surface area contributed by atoms with Gasteiger partial charge in [-0.1, -0.05) is 12.1 Å². The average molecular weight is 347 g/mol. The number of amidine groups is 1. The monoisotopic (exact) mass is 345 g/mol. The Kier molecular flexibility index (Phi) is 6.35. The van der Waals surface area contributed by atoms with Crippen molar-refractivity contribution in [2.45, 2.75) is 6.92 Å². The summed E-state index contributed by atoms with van der Waals surface area (Å²) >= 11 is 5.49. The Hall–Kier alpha value is -1.04. The second kappa shape index (κ2) is 7.53. The normalized spacial score (nSPS) is 12.3. The third kappa shape index (κ3) is 3.96. The van der Waals surface area contributed by atoms with Crippen LogP contribution in [0.15, 0.2) is 34.5 Å². The van der Waals surface area contributed by atoms with Gasteiger partial charge in [0, 0.05) is 7.05 Å². The van der Waals surface area contributed by atoms with Crippen molar-refractivity contribution in [1.29, 1.82) is 0 Å². The van der Waals surface area contributed by atoms with E-state index in [1.165, 1.54) is 0 Å². The fraction of sp³-hybridized carbons (Fsp3) is 0.182. The third-order valence-corrected chi connectivity index (χ3v) is 2.49. The minimum absolute atomic E-state index is 0.0168. The number of imidazole rings is 1. The molecule has 8 heteroatoms. The van der Waals surface area contributed by atoms with E-state index in [9.17, 15) is 0 Å². The summed E-state index contributed by atoms with van der Waals surface area (Å²) in [6.07, 6.45) is 0. The molecule has 1 aromatic carbocycles. The van der Waals surface area contributed by atoms with Crippen LogP contribution in [0, 0.1) is 0 Å². The van der Waals surface area contributed by atoms with Crippen LogP contribution in [0.3, 0.4) is 0 Å². The van der Waals surface area contributed by atoms with Crippen molar-refractivity contribution < 1.29 is 17.3 Å². The van der Waals surface area contributed by atoms with Crippen LogP contribution >= 0.6 is 9.69 Å². The van der Waals surface area contributed by atoms with Gasteiger partial charge in [-0.25, -0.2) is 4.98 Å². The van der Waals surface area contributed by atoms with Gasteiger partial charge in [0.15, 0.2) is 5.82 Å². The van der Waals surface area contributed by atoms with Crippen molar-refractivity contribution >= 4 is 44.2 Å². The summed E-state index contributed by atoms with van der Waals surface area (Å²) in [6, 6.07) is 7.88. The number of aromatic nitrogens is 2. The molecule has 0 aliphatic carbocycles. The van der Waals surface area contributed by atoms with Crippen molar-refractivity contribution in [2.24, 2.45) is 23.0 Å². The summed E-state index contributed by atoms with van der Waals surface area (Å²) in [5.74, 6) is 0.756. The second-order valence-electron chi connectivity index (χ2n) is 3.61. The molecule has 0 bridgehead atoms. The Balaban J connectivity index is 0.000000861. The van der Waals surface area contributed by atoms with Crippen molar-refractivity contribution in [2.75, 3.05) is 0 Å². The van der Waals surface area contributed by atoms with Gasteiger partial charge in [0.1, 0.15) is 5.71 Å². The van der Waals surface area contributed by atoms with E-state index in [0.29, 0.717) is 5.71 Å². The summed E-state index contributed by atoms with van der Waals surface area (Å²) in [6.45, 7) is 1.82. The summed E-state index contributed by atoms with van der Waals surface area (Å²) in [7, 11) is 6.70. The SMILES string of the molecule is C/C(=N\N=C(\N)[S-])c1nc2ccccc2n1C.[Cl][Zn+]. The summed E-state index contributed by atoms with van der Waals surface area (Å²) < 4.78 is 1.96. The summed E-state index contributed by atoms with van der Waals surface area (Å²) in [5.41, 5.74) is 7.91. The number of fused-ring (bicyclic) bond motifs is 1. The maximum absolute atomic E-state index is 5.26. The van der Waals surface area contributed by atoms with Crippen LogP contribution in [-0.4, -0.2) is 20.4 Å². The maximum atomic E-state index is 5.26. The summed E-state index contributed by atoms with van der Waals surface area (Å²) in [4.78, 5) is 4.48. The van der Waals surface area contributed by atoms with Crippen LogP contribution in [-0.2, 0) is 37.0 Å². The topological polar surface area (TPSA) is 68.6 Å². The Morgan fingerprint density at radius 2 is 2.00 bits per heavy atom. The number of hydrogen-bond donors (Lipinski definition) is 1. The molecule has 2 N–H and O–H groups in total. The zero-order valence-electron chi connectivity index (χ0n) is 10.7. The van der Waals surface area contributed by atoms with E-state index in [4.69, 9.17) is 15.4 Å². The number of hydrogen-bond acceptors (Lipinski definition) is 4. The van der Waals surface area contributed by atoms with Crippen molar-refractivity contribution in [1.82, 2.24) is 9.55 Å². The van der Waals surface area contributed by atoms with Crippen LogP contribution in [0.4, 0.5) is 0 Å². The minimum atomic E-state index is 0.0168. The molecule has 19 heavy (non-hydrogen) atoms. The predicted octanol–water partition coefficient (Wildman–Crippen LogP) is 1.85. The van der Waals surface area contributed by atoms with E-state index < -0.39 is 0 Å². The Bertz CT molecular complexity index is 619. The van der Waals surface area contributed by atoms with E-state index in [2.05, 4.69) is 27.8 Å². The molecule has 0 aliphatic heterocycles. The molecule has 1 heterocycles. The number of nitrogens with zero attached hydrogens (tertiary/aromatic N) is 4. The fourth-order valence-electron chi connectivity index (χ4n) is 1.64. The summed E-state index contributed by atoms with van der Waals surface area (Å²) in [5, 5.41) is 7.61. The van der Waals surface area contributed by atoms with E-state index in [0.717, 1.165) is 34.2 Å². The molecule has 0 aliphatic rings. The van der Waals surface area contributed by atoms with Crippen molar-refractivity contribution in [3.63, 3.8) is 0 Å². The molecular formula is C11H12ClN5SZn. The van der Waals surface area contributed by atoms with Crippen molar-refractivity contribution in [3.05, 3.63) is 30.1 Å². The molecule has 2 aromatic rings. The zero-order valence-corrected chi connectivity index (χ0v) is 15.2. The first-order valence-corrected chi connectivity index (χ1v) is 9.63. The molecule has 0 radical (unpaired) electrons. The van der Waals surface area contributed by atoms with Gasteiger partial charge in [0.25, 0.3) is 0 Å². The fourth-order valence-corrected chi connectivity index (χ4v) is 1.68.